The maximum atomic E-state index is 10.5. The summed E-state index contributed by atoms with van der Waals surface area (Å²) in [6.07, 6.45) is 7.29. The molecule has 0 aliphatic rings. The Morgan fingerprint density at radius 3 is 2.33 bits per heavy atom. The highest BCUT2D eigenvalue weighted by Gasteiger charge is 2.19. The summed E-state index contributed by atoms with van der Waals surface area (Å²) in [5, 5.41) is 0. The van der Waals surface area contributed by atoms with Crippen LogP contribution in [-0.2, 0) is 11.2 Å². The summed E-state index contributed by atoms with van der Waals surface area (Å²) >= 11 is 0. The summed E-state index contributed by atoms with van der Waals surface area (Å²) in [6, 6.07) is 1.78. The van der Waals surface area contributed by atoms with Crippen LogP contribution in [0, 0.1) is 12.3 Å². The molecule has 0 aromatic heterocycles. The summed E-state index contributed by atoms with van der Waals surface area (Å²) < 4.78 is 15.8. The zero-order chi connectivity index (χ0) is 13.5. The number of hydrogen-bond donors (Lipinski definition) is 0. The molecular weight excluding hydrogens is 232 g/mol. The molecule has 1 rings (SSSR count). The van der Waals surface area contributed by atoms with Crippen LogP contribution in [0.4, 0.5) is 0 Å². The van der Waals surface area contributed by atoms with E-state index < -0.39 is 0 Å². The van der Waals surface area contributed by atoms with Crippen LogP contribution in [0.2, 0.25) is 0 Å². The van der Waals surface area contributed by atoms with E-state index in [-0.39, 0.29) is 0 Å². The van der Waals surface area contributed by atoms with Gasteiger partial charge in [-0.2, -0.15) is 0 Å². The fourth-order valence-corrected chi connectivity index (χ4v) is 1.78. The Morgan fingerprint density at radius 2 is 1.89 bits per heavy atom. The molecule has 18 heavy (non-hydrogen) atoms. The van der Waals surface area contributed by atoms with E-state index in [0.717, 1.165) is 11.8 Å². The first-order chi connectivity index (χ1) is 8.73. The topological polar surface area (TPSA) is 44.8 Å². The van der Waals surface area contributed by atoms with Crippen molar-refractivity contribution in [2.45, 2.75) is 12.8 Å². The van der Waals surface area contributed by atoms with Crippen LogP contribution in [0.3, 0.4) is 0 Å². The highest BCUT2D eigenvalue weighted by atomic mass is 16.5. The van der Waals surface area contributed by atoms with Gasteiger partial charge in [0.1, 0.15) is 6.29 Å². The second kappa shape index (κ2) is 6.55. The van der Waals surface area contributed by atoms with Crippen molar-refractivity contribution < 1.29 is 19.0 Å². The third kappa shape index (κ3) is 2.57. The van der Waals surface area contributed by atoms with Crippen molar-refractivity contribution >= 4 is 6.29 Å². The normalized spacial score (nSPS) is 9.44. The molecule has 0 heterocycles. The van der Waals surface area contributed by atoms with E-state index in [1.165, 1.54) is 21.3 Å². The smallest absolute Gasteiger partial charge is 0.204 e. The molecule has 0 saturated heterocycles. The number of methoxy groups -OCH3 is 3. The molecule has 1 aromatic rings. The van der Waals surface area contributed by atoms with Crippen molar-refractivity contribution in [3.8, 4) is 29.6 Å². The van der Waals surface area contributed by atoms with Gasteiger partial charge in [-0.3, -0.25) is 0 Å². The fraction of sp³-hybridized carbons (Fsp3) is 0.357. The molecule has 0 N–H and O–H groups in total. The maximum Gasteiger partial charge on any atom is 0.204 e. The van der Waals surface area contributed by atoms with Crippen LogP contribution in [0.5, 0.6) is 17.2 Å². The Labute approximate surface area is 107 Å². The first-order valence-corrected chi connectivity index (χ1v) is 5.45. The highest BCUT2D eigenvalue weighted by molar-refractivity contribution is 5.64. The zero-order valence-corrected chi connectivity index (χ0v) is 10.8. The number of hydrogen-bond acceptors (Lipinski definition) is 4. The van der Waals surface area contributed by atoms with Crippen LogP contribution in [0.25, 0.3) is 0 Å². The van der Waals surface area contributed by atoms with E-state index >= 15 is 0 Å². The first-order valence-electron chi connectivity index (χ1n) is 5.45. The third-order valence-corrected chi connectivity index (χ3v) is 2.59. The first kappa shape index (κ1) is 13.9. The molecule has 4 nitrogen and oxygen atoms in total. The van der Waals surface area contributed by atoms with Gasteiger partial charge in [0.15, 0.2) is 11.5 Å². The van der Waals surface area contributed by atoms with Gasteiger partial charge in [0, 0.05) is 6.42 Å². The lowest BCUT2D eigenvalue weighted by Crippen LogP contribution is -2.01. The number of rotatable bonds is 6. The third-order valence-electron chi connectivity index (χ3n) is 2.59. The van der Waals surface area contributed by atoms with Crippen molar-refractivity contribution in [2.75, 3.05) is 21.3 Å². The Bertz CT molecular complexity index is 472. The minimum Gasteiger partial charge on any atom is -0.493 e. The van der Waals surface area contributed by atoms with Crippen molar-refractivity contribution in [1.82, 2.24) is 0 Å². The van der Waals surface area contributed by atoms with E-state index in [1.807, 2.05) is 0 Å². The largest absolute Gasteiger partial charge is 0.493 e. The van der Waals surface area contributed by atoms with Gasteiger partial charge in [-0.05, 0) is 18.1 Å². The number of carbonyl (C=O) groups excluding carboxylic acids is 1. The number of terminal acetylenes is 1. The summed E-state index contributed by atoms with van der Waals surface area (Å²) in [6.45, 7) is 0. The zero-order valence-electron chi connectivity index (χ0n) is 10.8. The van der Waals surface area contributed by atoms with Gasteiger partial charge in [-0.15, -0.1) is 6.42 Å². The Hall–Kier alpha value is -2.15. The molecule has 0 unspecified atom stereocenters. The lowest BCUT2D eigenvalue weighted by atomic mass is 10.0. The molecule has 0 spiro atoms. The predicted octanol–water partition coefficient (Wildman–Crippen LogP) is 1.83. The standard InChI is InChI=1S/C14H16O4/c1-5-11-10(7-6-8-15)9-12(16-2)14(18-4)13(11)17-3/h1,8-9H,6-7H2,2-4H3. The Morgan fingerprint density at radius 1 is 1.22 bits per heavy atom. The van der Waals surface area contributed by atoms with Crippen LogP contribution in [0.15, 0.2) is 6.07 Å². The van der Waals surface area contributed by atoms with E-state index in [2.05, 4.69) is 5.92 Å². The molecule has 0 bridgehead atoms. The molecule has 0 atom stereocenters. The Kier molecular flexibility index (Phi) is 5.06. The van der Waals surface area contributed by atoms with Crippen LogP contribution < -0.4 is 14.2 Å². The molecule has 0 amide bonds. The molecule has 96 valence electrons. The molecule has 0 saturated carbocycles. The van der Waals surface area contributed by atoms with E-state index in [0.29, 0.717) is 35.7 Å². The van der Waals surface area contributed by atoms with Gasteiger partial charge in [-0.1, -0.05) is 5.92 Å². The van der Waals surface area contributed by atoms with Gasteiger partial charge in [0.2, 0.25) is 5.75 Å². The quantitative estimate of drug-likeness (QED) is 0.569. The van der Waals surface area contributed by atoms with Gasteiger partial charge < -0.3 is 19.0 Å². The van der Waals surface area contributed by atoms with Gasteiger partial charge >= 0.3 is 0 Å². The van der Waals surface area contributed by atoms with Crippen molar-refractivity contribution in [3.63, 3.8) is 0 Å². The number of carbonyl (C=O) groups is 1. The molecule has 1 aromatic carbocycles. The number of aldehydes is 1. The fourth-order valence-electron chi connectivity index (χ4n) is 1.78. The monoisotopic (exact) mass is 248 g/mol. The van der Waals surface area contributed by atoms with Crippen molar-refractivity contribution in [2.24, 2.45) is 0 Å². The number of benzene rings is 1. The lowest BCUT2D eigenvalue weighted by Gasteiger charge is -2.16. The number of aryl methyl sites for hydroxylation is 1. The Balaban J connectivity index is 3.43. The molecule has 4 heteroatoms. The van der Waals surface area contributed by atoms with Gasteiger partial charge in [-0.25, -0.2) is 0 Å². The molecule has 0 aliphatic carbocycles. The van der Waals surface area contributed by atoms with E-state index in [4.69, 9.17) is 20.6 Å². The molecule has 0 fully saturated rings. The molecule has 0 aliphatic heterocycles. The SMILES string of the molecule is C#Cc1c(CCC=O)cc(OC)c(OC)c1OC. The summed E-state index contributed by atoms with van der Waals surface area (Å²) in [5.74, 6) is 4.03. The lowest BCUT2D eigenvalue weighted by molar-refractivity contribution is -0.107. The predicted molar refractivity (Wildman–Crippen MR) is 68.4 cm³/mol. The summed E-state index contributed by atoms with van der Waals surface area (Å²) in [4.78, 5) is 10.5. The second-order valence-electron chi connectivity index (χ2n) is 3.53. The van der Waals surface area contributed by atoms with Crippen LogP contribution in [-0.4, -0.2) is 27.6 Å². The van der Waals surface area contributed by atoms with Crippen LogP contribution >= 0.6 is 0 Å². The molecule has 0 radical (unpaired) electrons. The van der Waals surface area contributed by atoms with E-state index in [1.54, 1.807) is 6.07 Å². The highest BCUT2D eigenvalue weighted by Crippen LogP contribution is 2.41. The minimum absolute atomic E-state index is 0.396. The summed E-state index contributed by atoms with van der Waals surface area (Å²) in [5.41, 5.74) is 1.43. The maximum absolute atomic E-state index is 10.5. The van der Waals surface area contributed by atoms with Crippen molar-refractivity contribution in [1.29, 1.82) is 0 Å². The number of ether oxygens (including phenoxy) is 3. The van der Waals surface area contributed by atoms with Gasteiger partial charge in [0.25, 0.3) is 0 Å². The minimum atomic E-state index is 0.396. The average Bonchev–Trinajstić information content (AvgIpc) is 2.42. The summed E-state index contributed by atoms with van der Waals surface area (Å²) in [7, 11) is 4.57. The van der Waals surface area contributed by atoms with Gasteiger partial charge in [0.05, 0.1) is 26.9 Å². The average molecular weight is 248 g/mol. The van der Waals surface area contributed by atoms with Crippen LogP contribution in [0.1, 0.15) is 17.5 Å². The second-order valence-corrected chi connectivity index (χ2v) is 3.53. The van der Waals surface area contributed by atoms with Crippen molar-refractivity contribution in [3.05, 3.63) is 17.2 Å². The van der Waals surface area contributed by atoms with E-state index in [9.17, 15) is 4.79 Å². The molecular formula is C14H16O4.